The number of azo groups is 1. The third-order valence-electron chi connectivity index (χ3n) is 11.2. The molecule has 0 bridgehead atoms. The molecule has 0 saturated carbocycles. The van der Waals surface area contributed by atoms with Gasteiger partial charge in [0.1, 0.15) is 11.5 Å². The number of nitrogens with zero attached hydrogens (tertiary/aromatic N) is 3. The lowest BCUT2D eigenvalue weighted by Gasteiger charge is -2.37. The van der Waals surface area contributed by atoms with Crippen LogP contribution in [0.2, 0.25) is 0 Å². The van der Waals surface area contributed by atoms with Crippen molar-refractivity contribution < 1.29 is 23.8 Å². The second kappa shape index (κ2) is 17.9. The van der Waals surface area contributed by atoms with Crippen molar-refractivity contribution in [1.29, 1.82) is 0 Å². The summed E-state index contributed by atoms with van der Waals surface area (Å²) in [5.41, 5.74) is 6.20. The maximum Gasteiger partial charge on any atom is 0.343 e. The molecule has 1 saturated heterocycles. The smallest absolute Gasteiger partial charge is 0.343 e. The lowest BCUT2D eigenvalue weighted by atomic mass is 9.82. The zero-order valence-corrected chi connectivity index (χ0v) is 33.7. The van der Waals surface area contributed by atoms with Crippen LogP contribution in [0.1, 0.15) is 95.3 Å². The van der Waals surface area contributed by atoms with Gasteiger partial charge in [0.15, 0.2) is 5.60 Å². The zero-order valence-electron chi connectivity index (χ0n) is 33.7. The highest BCUT2D eigenvalue weighted by atomic mass is 16.5. The van der Waals surface area contributed by atoms with E-state index in [4.69, 9.17) is 14.2 Å². The molecule has 59 heavy (non-hydrogen) atoms. The van der Waals surface area contributed by atoms with E-state index in [1.807, 2.05) is 72.8 Å². The summed E-state index contributed by atoms with van der Waals surface area (Å²) < 4.78 is 18.4. The Labute approximate surface area is 346 Å². The van der Waals surface area contributed by atoms with Crippen molar-refractivity contribution in [3.05, 3.63) is 167 Å². The number of hydrogen-bond acceptors (Lipinski definition) is 8. The number of hydrogen-bond donors (Lipinski definition) is 0. The third kappa shape index (κ3) is 8.68. The van der Waals surface area contributed by atoms with E-state index in [1.54, 1.807) is 31.2 Å². The number of fused-ring (bicyclic) bond motifs is 3. The Kier molecular flexibility index (Phi) is 11.9. The topological polar surface area (TPSA) is 89.8 Å². The normalized spacial score (nSPS) is 16.1. The Bertz CT molecular complexity index is 2470. The van der Waals surface area contributed by atoms with Crippen molar-refractivity contribution >= 4 is 45.8 Å². The summed E-state index contributed by atoms with van der Waals surface area (Å²) in [7, 11) is 0. The standard InChI is InChI=1S/C51H49N3O5/c1-3-5-8-13-36-16-18-37(19-17-36)49(55)58-44-27-22-41(23-28-44)52-53-42-24-29-45-38(34-42)35-47(50(56)57-4-2)46-30-31-51(59-48(45)46,39-14-9-6-10-15-39)40-20-25-43(26-21-40)54-32-11-7-12-33-54/h6,9-10,14-31,34-35H,3-5,7-8,11-13,32-33H2,1-2H3. The Balaban J connectivity index is 1.06. The van der Waals surface area contributed by atoms with Gasteiger partial charge in [0.25, 0.3) is 0 Å². The van der Waals surface area contributed by atoms with Gasteiger partial charge >= 0.3 is 11.9 Å². The average Bonchev–Trinajstić information content (AvgIpc) is 3.29. The summed E-state index contributed by atoms with van der Waals surface area (Å²) in [5, 5.41) is 10.6. The van der Waals surface area contributed by atoms with Crippen LogP contribution in [0.25, 0.3) is 16.8 Å². The van der Waals surface area contributed by atoms with Gasteiger partial charge in [0.2, 0.25) is 0 Å². The third-order valence-corrected chi connectivity index (χ3v) is 11.2. The van der Waals surface area contributed by atoms with Crippen molar-refractivity contribution in [1.82, 2.24) is 0 Å². The van der Waals surface area contributed by atoms with Gasteiger partial charge in [-0.15, -0.1) is 0 Å². The first-order valence-corrected chi connectivity index (χ1v) is 20.8. The van der Waals surface area contributed by atoms with E-state index in [2.05, 4.69) is 64.5 Å². The number of esters is 2. The number of rotatable bonds is 13. The molecule has 0 amide bonds. The number of carbonyl (C=O) groups is 2. The number of ether oxygens (including phenoxy) is 3. The van der Waals surface area contributed by atoms with E-state index in [1.165, 1.54) is 43.4 Å². The van der Waals surface area contributed by atoms with Crippen molar-refractivity contribution in [2.75, 3.05) is 24.6 Å². The van der Waals surface area contributed by atoms with Crippen LogP contribution in [0.5, 0.6) is 11.5 Å². The lowest BCUT2D eigenvalue weighted by molar-refractivity contribution is 0.0524. The van der Waals surface area contributed by atoms with Gasteiger partial charge < -0.3 is 19.1 Å². The fourth-order valence-electron chi connectivity index (χ4n) is 7.97. The van der Waals surface area contributed by atoms with Crippen LogP contribution >= 0.6 is 0 Å². The molecule has 0 aromatic heterocycles. The molecular weight excluding hydrogens is 735 g/mol. The van der Waals surface area contributed by atoms with Crippen LogP contribution in [0.3, 0.4) is 0 Å². The van der Waals surface area contributed by atoms with Gasteiger partial charge in [-0.05, 0) is 135 Å². The highest BCUT2D eigenvalue weighted by Crippen LogP contribution is 2.47. The van der Waals surface area contributed by atoms with E-state index in [0.29, 0.717) is 39.6 Å². The minimum absolute atomic E-state index is 0.242. The van der Waals surface area contributed by atoms with Crippen LogP contribution in [0.15, 0.2) is 144 Å². The van der Waals surface area contributed by atoms with E-state index >= 15 is 0 Å². The number of unbranched alkanes of at least 4 members (excludes halogenated alkanes) is 2. The maximum absolute atomic E-state index is 13.5. The highest BCUT2D eigenvalue weighted by Gasteiger charge is 2.39. The van der Waals surface area contributed by atoms with E-state index in [9.17, 15) is 9.59 Å². The first kappa shape index (κ1) is 39.3. The summed E-state index contributed by atoms with van der Waals surface area (Å²) in [6.07, 6.45) is 12.3. The summed E-state index contributed by atoms with van der Waals surface area (Å²) >= 11 is 0. The highest BCUT2D eigenvalue weighted by molar-refractivity contribution is 6.04. The van der Waals surface area contributed by atoms with E-state index in [0.717, 1.165) is 47.8 Å². The molecule has 2 aliphatic rings. The predicted molar refractivity (Wildman–Crippen MR) is 235 cm³/mol. The van der Waals surface area contributed by atoms with Gasteiger partial charge in [-0.2, -0.15) is 10.2 Å². The largest absolute Gasteiger partial charge is 0.472 e. The molecule has 2 heterocycles. The second-order valence-electron chi connectivity index (χ2n) is 15.2. The molecule has 1 fully saturated rings. The number of aryl methyl sites for hydroxylation is 1. The molecule has 1 atom stereocenters. The van der Waals surface area contributed by atoms with Crippen molar-refractivity contribution in [3.8, 4) is 11.5 Å². The Morgan fingerprint density at radius 3 is 2.17 bits per heavy atom. The van der Waals surface area contributed by atoms with Gasteiger partial charge in [-0.1, -0.05) is 74.4 Å². The predicted octanol–water partition coefficient (Wildman–Crippen LogP) is 12.7. The summed E-state index contributed by atoms with van der Waals surface area (Å²) in [5.74, 6) is 0.172. The van der Waals surface area contributed by atoms with Gasteiger partial charge in [-0.25, -0.2) is 9.59 Å². The molecule has 0 spiro atoms. The molecule has 0 N–H and O–H groups in total. The molecule has 8 nitrogen and oxygen atoms in total. The summed E-state index contributed by atoms with van der Waals surface area (Å²) in [6, 6.07) is 41.0. The van der Waals surface area contributed by atoms with Crippen LogP contribution in [0.4, 0.5) is 17.1 Å². The van der Waals surface area contributed by atoms with E-state index in [-0.39, 0.29) is 6.61 Å². The monoisotopic (exact) mass is 783 g/mol. The first-order chi connectivity index (χ1) is 28.9. The summed E-state index contributed by atoms with van der Waals surface area (Å²) in [6.45, 7) is 6.36. The minimum atomic E-state index is -0.952. The van der Waals surface area contributed by atoms with Crippen LogP contribution < -0.4 is 14.4 Å². The van der Waals surface area contributed by atoms with Crippen LogP contribution in [-0.4, -0.2) is 31.6 Å². The van der Waals surface area contributed by atoms with Crippen molar-refractivity contribution in [3.63, 3.8) is 0 Å². The Morgan fingerprint density at radius 2 is 1.44 bits per heavy atom. The summed E-state index contributed by atoms with van der Waals surface area (Å²) in [4.78, 5) is 28.8. The average molecular weight is 784 g/mol. The first-order valence-electron chi connectivity index (χ1n) is 20.8. The minimum Gasteiger partial charge on any atom is -0.472 e. The fraction of sp³-hybridized carbons (Fsp3) is 0.255. The van der Waals surface area contributed by atoms with E-state index < -0.39 is 17.5 Å². The molecule has 0 radical (unpaired) electrons. The second-order valence-corrected chi connectivity index (χ2v) is 15.2. The number of anilines is 1. The van der Waals surface area contributed by atoms with Crippen LogP contribution in [-0.2, 0) is 16.8 Å². The molecule has 1 unspecified atom stereocenters. The number of carbonyl (C=O) groups excluding carboxylic acids is 2. The van der Waals surface area contributed by atoms with Crippen molar-refractivity contribution in [2.24, 2.45) is 10.2 Å². The quantitative estimate of drug-likeness (QED) is 0.0501. The molecule has 8 heteroatoms. The number of benzene rings is 6. The van der Waals surface area contributed by atoms with Gasteiger partial charge in [0, 0.05) is 40.9 Å². The Hall–Kier alpha value is -6.54. The molecule has 6 aromatic carbocycles. The fourth-order valence-corrected chi connectivity index (χ4v) is 7.97. The van der Waals surface area contributed by atoms with Gasteiger partial charge in [0.05, 0.1) is 29.1 Å². The molecule has 298 valence electrons. The molecule has 8 rings (SSSR count). The Morgan fingerprint density at radius 1 is 0.729 bits per heavy atom. The van der Waals surface area contributed by atoms with Crippen molar-refractivity contribution in [2.45, 2.75) is 64.4 Å². The maximum atomic E-state index is 13.5. The molecule has 0 aliphatic carbocycles. The molecule has 2 aliphatic heterocycles. The van der Waals surface area contributed by atoms with Gasteiger partial charge in [-0.3, -0.25) is 0 Å². The molecular formula is C51H49N3O5. The molecule has 6 aromatic rings. The lowest BCUT2D eigenvalue weighted by Crippen LogP contribution is -2.35. The zero-order chi connectivity index (χ0) is 40.6. The van der Waals surface area contributed by atoms with Crippen LogP contribution in [0, 0.1) is 0 Å². The SMILES string of the molecule is CCCCCc1ccc(C(=O)Oc2ccc(N=Nc3ccc4c5c(c(C(=O)OCC)cc4c3)C=CC(c3ccccc3)(c3ccc(N4CCCCC4)cc3)O5)cc2)cc1. The number of piperidine rings is 1.